The van der Waals surface area contributed by atoms with Crippen molar-refractivity contribution in [3.63, 3.8) is 0 Å². The second-order valence-corrected chi connectivity index (χ2v) is 8.00. The second-order valence-electron chi connectivity index (χ2n) is 7.59. The van der Waals surface area contributed by atoms with Crippen LogP contribution in [0.15, 0.2) is 77.3 Å². The third-order valence-corrected chi connectivity index (χ3v) is 5.95. The molecule has 0 radical (unpaired) electrons. The van der Waals surface area contributed by atoms with Gasteiger partial charge in [0.2, 0.25) is 11.8 Å². The van der Waals surface area contributed by atoms with Crippen molar-refractivity contribution in [2.45, 2.75) is 6.04 Å². The van der Waals surface area contributed by atoms with Gasteiger partial charge in [-0.05, 0) is 42.0 Å². The monoisotopic (exact) mass is 449 g/mol. The van der Waals surface area contributed by atoms with Crippen LogP contribution in [0.2, 0.25) is 5.02 Å². The Morgan fingerprint density at radius 2 is 1.62 bits per heavy atom. The average Bonchev–Trinajstić information content (AvgIpc) is 3.31. The van der Waals surface area contributed by atoms with E-state index in [1.165, 1.54) is 12.1 Å². The van der Waals surface area contributed by atoms with Gasteiger partial charge in [0, 0.05) is 32.4 Å². The van der Waals surface area contributed by atoms with E-state index in [-0.39, 0.29) is 11.9 Å². The van der Waals surface area contributed by atoms with Crippen LogP contribution >= 0.6 is 11.6 Å². The summed E-state index contributed by atoms with van der Waals surface area (Å²) in [5.41, 5.74) is 1.58. The van der Waals surface area contributed by atoms with Gasteiger partial charge in [0.1, 0.15) is 17.7 Å². The molecule has 0 amide bonds. The van der Waals surface area contributed by atoms with Crippen molar-refractivity contribution in [1.29, 1.82) is 0 Å². The van der Waals surface area contributed by atoms with Crippen molar-refractivity contribution in [1.82, 2.24) is 20.1 Å². The standard InChI is InChI=1S/C24H21ClFN5O/c25-20-6-2-1-5-19(20)23-28-29-24(32-23)22(17-8-10-18(26)11-9-17)31-15-13-30(14-16-31)21-7-3-4-12-27-21/h1-12,22H,13-16H2/t22-/m1/s1. The molecule has 1 aliphatic heterocycles. The number of aromatic nitrogens is 3. The molecule has 32 heavy (non-hydrogen) atoms. The second kappa shape index (κ2) is 9.06. The Morgan fingerprint density at radius 1 is 0.875 bits per heavy atom. The first-order chi connectivity index (χ1) is 15.7. The van der Waals surface area contributed by atoms with Crippen molar-refractivity contribution in [2.24, 2.45) is 0 Å². The van der Waals surface area contributed by atoms with Gasteiger partial charge in [-0.1, -0.05) is 41.9 Å². The van der Waals surface area contributed by atoms with Crippen molar-refractivity contribution < 1.29 is 8.81 Å². The lowest BCUT2D eigenvalue weighted by atomic mass is 10.0. The van der Waals surface area contributed by atoms with Crippen molar-refractivity contribution in [3.8, 4) is 11.5 Å². The number of rotatable bonds is 5. The van der Waals surface area contributed by atoms with Crippen LogP contribution in [0, 0.1) is 5.82 Å². The smallest absolute Gasteiger partial charge is 0.249 e. The zero-order chi connectivity index (χ0) is 21.9. The van der Waals surface area contributed by atoms with Gasteiger partial charge in [0.05, 0.1) is 10.6 Å². The third kappa shape index (κ3) is 4.22. The number of nitrogens with zero attached hydrogens (tertiary/aromatic N) is 5. The highest BCUT2D eigenvalue weighted by molar-refractivity contribution is 6.33. The first kappa shape index (κ1) is 20.6. The highest BCUT2D eigenvalue weighted by Crippen LogP contribution is 2.33. The maximum Gasteiger partial charge on any atom is 0.249 e. The van der Waals surface area contributed by atoms with Crippen LogP contribution in [0.5, 0.6) is 0 Å². The molecule has 2 aromatic heterocycles. The lowest BCUT2D eigenvalue weighted by molar-refractivity contribution is 0.187. The van der Waals surface area contributed by atoms with Crippen molar-refractivity contribution >= 4 is 17.4 Å². The molecule has 1 atom stereocenters. The van der Waals surface area contributed by atoms with E-state index >= 15 is 0 Å². The van der Waals surface area contributed by atoms with E-state index in [4.69, 9.17) is 16.0 Å². The van der Waals surface area contributed by atoms with Crippen LogP contribution < -0.4 is 4.90 Å². The third-order valence-electron chi connectivity index (χ3n) is 5.62. The number of hydrogen-bond acceptors (Lipinski definition) is 6. The summed E-state index contributed by atoms with van der Waals surface area (Å²) in [4.78, 5) is 8.98. The SMILES string of the molecule is Fc1ccc([C@H](c2nnc(-c3ccccc3Cl)o2)N2CCN(c3ccccn3)CC2)cc1. The molecule has 5 rings (SSSR count). The van der Waals surface area contributed by atoms with Crippen LogP contribution in [-0.4, -0.2) is 46.3 Å². The summed E-state index contributed by atoms with van der Waals surface area (Å²) in [6.07, 6.45) is 1.80. The number of piperazine rings is 1. The summed E-state index contributed by atoms with van der Waals surface area (Å²) in [5.74, 6) is 1.50. The number of anilines is 1. The van der Waals surface area contributed by atoms with E-state index < -0.39 is 0 Å². The molecule has 0 unspecified atom stereocenters. The van der Waals surface area contributed by atoms with Crippen LogP contribution in [0.3, 0.4) is 0 Å². The van der Waals surface area contributed by atoms with Gasteiger partial charge in [-0.3, -0.25) is 4.90 Å². The minimum atomic E-state index is -0.287. The fraction of sp³-hybridized carbons (Fsp3) is 0.208. The topological polar surface area (TPSA) is 58.3 Å². The summed E-state index contributed by atoms with van der Waals surface area (Å²) >= 11 is 6.31. The zero-order valence-electron chi connectivity index (χ0n) is 17.2. The average molecular weight is 450 g/mol. The summed E-state index contributed by atoms with van der Waals surface area (Å²) in [6.45, 7) is 3.14. The number of benzene rings is 2. The van der Waals surface area contributed by atoms with Crippen LogP contribution in [0.1, 0.15) is 17.5 Å². The summed E-state index contributed by atoms with van der Waals surface area (Å²) < 4.78 is 19.7. The Hall–Kier alpha value is -3.29. The molecule has 6 nitrogen and oxygen atoms in total. The summed E-state index contributed by atoms with van der Waals surface area (Å²) in [5, 5.41) is 9.14. The quantitative estimate of drug-likeness (QED) is 0.434. The van der Waals surface area contributed by atoms with Crippen molar-refractivity contribution in [2.75, 3.05) is 31.1 Å². The van der Waals surface area contributed by atoms with Crippen LogP contribution in [0.25, 0.3) is 11.5 Å². The largest absolute Gasteiger partial charge is 0.419 e. The van der Waals surface area contributed by atoms with Gasteiger partial charge in [0.15, 0.2) is 0 Å². The van der Waals surface area contributed by atoms with Gasteiger partial charge in [-0.2, -0.15) is 0 Å². The fourth-order valence-corrected chi connectivity index (χ4v) is 4.21. The maximum absolute atomic E-state index is 13.6. The van der Waals surface area contributed by atoms with Crippen molar-refractivity contribution in [3.05, 3.63) is 95.2 Å². The van der Waals surface area contributed by atoms with Gasteiger partial charge >= 0.3 is 0 Å². The molecule has 4 aromatic rings. The first-order valence-electron chi connectivity index (χ1n) is 10.4. The molecule has 0 aliphatic carbocycles. The van der Waals surface area contributed by atoms with E-state index in [0.29, 0.717) is 22.4 Å². The minimum absolute atomic E-state index is 0.283. The van der Waals surface area contributed by atoms with Gasteiger partial charge < -0.3 is 9.32 Å². The number of pyridine rings is 1. The van der Waals surface area contributed by atoms with E-state index in [0.717, 1.165) is 37.6 Å². The molecule has 0 spiro atoms. The molecule has 1 aliphatic rings. The molecule has 8 heteroatoms. The molecule has 1 fully saturated rings. The predicted molar refractivity (Wildman–Crippen MR) is 121 cm³/mol. The predicted octanol–water partition coefficient (Wildman–Crippen LogP) is 4.84. The van der Waals surface area contributed by atoms with Crippen LogP contribution in [-0.2, 0) is 0 Å². The van der Waals surface area contributed by atoms with Gasteiger partial charge in [-0.25, -0.2) is 9.37 Å². The Kier molecular flexibility index (Phi) is 5.83. The molecule has 0 bridgehead atoms. The van der Waals surface area contributed by atoms with E-state index in [1.54, 1.807) is 24.4 Å². The Balaban J connectivity index is 1.44. The van der Waals surface area contributed by atoms with E-state index in [2.05, 4.69) is 25.0 Å². The Morgan fingerprint density at radius 3 is 2.34 bits per heavy atom. The van der Waals surface area contributed by atoms with Gasteiger partial charge in [0.25, 0.3) is 0 Å². The zero-order valence-corrected chi connectivity index (χ0v) is 18.0. The molecule has 1 saturated heterocycles. The Bertz CT molecular complexity index is 1180. The van der Waals surface area contributed by atoms with E-state index in [9.17, 15) is 4.39 Å². The molecule has 162 valence electrons. The number of hydrogen-bond donors (Lipinski definition) is 0. The first-order valence-corrected chi connectivity index (χ1v) is 10.8. The highest BCUT2D eigenvalue weighted by Gasteiger charge is 2.31. The summed E-state index contributed by atoms with van der Waals surface area (Å²) in [7, 11) is 0. The highest BCUT2D eigenvalue weighted by atomic mass is 35.5. The molecular formula is C24H21ClFN5O. The fourth-order valence-electron chi connectivity index (χ4n) is 3.99. The minimum Gasteiger partial charge on any atom is -0.419 e. The lowest BCUT2D eigenvalue weighted by Crippen LogP contribution is -2.48. The molecule has 3 heterocycles. The molecule has 0 saturated carbocycles. The lowest BCUT2D eigenvalue weighted by Gasteiger charge is -2.38. The van der Waals surface area contributed by atoms with Crippen LogP contribution in [0.4, 0.5) is 10.2 Å². The maximum atomic E-state index is 13.6. The Labute approximate surface area is 190 Å². The molecule has 0 N–H and O–H groups in total. The van der Waals surface area contributed by atoms with Gasteiger partial charge in [-0.15, -0.1) is 10.2 Å². The molecular weight excluding hydrogens is 429 g/mol. The molecule has 2 aromatic carbocycles. The normalized spacial score (nSPS) is 15.6. The van der Waals surface area contributed by atoms with E-state index in [1.807, 2.05) is 36.4 Å². The number of halogens is 2. The summed E-state index contributed by atoms with van der Waals surface area (Å²) in [6, 6.07) is 19.4.